The number of nitrogens with zero attached hydrogens (tertiary/aromatic N) is 4. The summed E-state index contributed by atoms with van der Waals surface area (Å²) in [6.07, 6.45) is 4.51. The maximum Gasteiger partial charge on any atom is 0.217 e. The summed E-state index contributed by atoms with van der Waals surface area (Å²) >= 11 is 1.70. The average Bonchev–Trinajstić information content (AvgIpc) is 3.19. The van der Waals surface area contributed by atoms with Crippen LogP contribution in [0, 0.1) is 13.8 Å². The highest BCUT2D eigenvalue weighted by molar-refractivity contribution is 7.11. The molecule has 0 bridgehead atoms. The van der Waals surface area contributed by atoms with E-state index in [1.807, 2.05) is 37.4 Å². The van der Waals surface area contributed by atoms with Gasteiger partial charge in [0, 0.05) is 48.4 Å². The van der Waals surface area contributed by atoms with Crippen LogP contribution < -0.4 is 15.1 Å². The van der Waals surface area contributed by atoms with E-state index < -0.39 is 0 Å². The molecule has 3 aromatic rings. The van der Waals surface area contributed by atoms with Crippen LogP contribution in [0.15, 0.2) is 47.7 Å². The third kappa shape index (κ3) is 6.26. The third-order valence-electron chi connectivity index (χ3n) is 4.87. The van der Waals surface area contributed by atoms with Crippen LogP contribution in [0.25, 0.3) is 0 Å². The van der Waals surface area contributed by atoms with Gasteiger partial charge in [-0.05, 0) is 19.4 Å². The van der Waals surface area contributed by atoms with E-state index in [9.17, 15) is 0 Å². The van der Waals surface area contributed by atoms with Gasteiger partial charge in [0.05, 0.1) is 31.0 Å². The van der Waals surface area contributed by atoms with E-state index >= 15 is 0 Å². The summed E-state index contributed by atoms with van der Waals surface area (Å²) in [4.78, 5) is 12.4. The highest BCUT2D eigenvalue weighted by atomic mass is 32.1. The van der Waals surface area contributed by atoms with Crippen molar-refractivity contribution in [1.29, 1.82) is 0 Å². The maximum atomic E-state index is 5.99. The van der Waals surface area contributed by atoms with Crippen LogP contribution in [0.1, 0.15) is 21.0 Å². The summed E-state index contributed by atoms with van der Waals surface area (Å²) in [5.74, 6) is 1.23. The molecule has 4 rings (SSSR count). The van der Waals surface area contributed by atoms with E-state index in [-0.39, 0.29) is 0 Å². The monoisotopic (exact) mass is 437 g/mol. The Morgan fingerprint density at radius 1 is 1.23 bits per heavy atom. The largest absolute Gasteiger partial charge is 0.477 e. The standard InChI is InChI=1S/C23H27N5O2S/c1-17-4-3-5-19(12-17)15-25-27-22-13-20(28-7-10-29-11-8-28)14-23(26-22)30-9-6-21-16-24-18(2)31-21/h3-5,12-16H,6-11H2,1-2H3,(H,26,27). The van der Waals surface area contributed by atoms with E-state index in [4.69, 9.17) is 9.47 Å². The Kier molecular flexibility index (Phi) is 7.11. The molecule has 1 aliphatic heterocycles. The number of hydrazone groups is 1. The van der Waals surface area contributed by atoms with Gasteiger partial charge in [-0.2, -0.15) is 10.1 Å². The number of hydrogen-bond acceptors (Lipinski definition) is 8. The molecule has 0 saturated carbocycles. The van der Waals surface area contributed by atoms with Gasteiger partial charge in [0.1, 0.15) is 0 Å². The van der Waals surface area contributed by atoms with E-state index in [2.05, 4.69) is 44.5 Å². The number of anilines is 2. The van der Waals surface area contributed by atoms with Crippen LogP contribution in [-0.4, -0.2) is 49.1 Å². The third-order valence-corrected chi connectivity index (χ3v) is 5.84. The number of nitrogens with one attached hydrogen (secondary N) is 1. The normalized spacial score (nSPS) is 14.2. The lowest BCUT2D eigenvalue weighted by Gasteiger charge is -2.29. The Bertz CT molecular complexity index is 1030. The summed E-state index contributed by atoms with van der Waals surface area (Å²) in [6, 6.07) is 12.2. The van der Waals surface area contributed by atoms with Gasteiger partial charge in [0.15, 0.2) is 5.82 Å². The first kappa shape index (κ1) is 21.3. The predicted molar refractivity (Wildman–Crippen MR) is 126 cm³/mol. The topological polar surface area (TPSA) is 71.9 Å². The van der Waals surface area contributed by atoms with Gasteiger partial charge in [-0.3, -0.25) is 5.43 Å². The smallest absolute Gasteiger partial charge is 0.217 e. The van der Waals surface area contributed by atoms with E-state index in [0.29, 0.717) is 18.3 Å². The fourth-order valence-electron chi connectivity index (χ4n) is 3.33. The van der Waals surface area contributed by atoms with Crippen LogP contribution >= 0.6 is 11.3 Å². The Balaban J connectivity index is 1.46. The minimum Gasteiger partial charge on any atom is -0.477 e. The quantitative estimate of drug-likeness (QED) is 0.423. The molecule has 1 aliphatic rings. The summed E-state index contributed by atoms with van der Waals surface area (Å²) < 4.78 is 11.5. The molecule has 0 atom stereocenters. The highest BCUT2D eigenvalue weighted by Gasteiger charge is 2.14. The molecule has 31 heavy (non-hydrogen) atoms. The average molecular weight is 438 g/mol. The molecule has 0 aliphatic carbocycles. The molecule has 0 amide bonds. The molecule has 1 fully saturated rings. The van der Waals surface area contributed by atoms with E-state index in [1.54, 1.807) is 17.6 Å². The van der Waals surface area contributed by atoms with Gasteiger partial charge >= 0.3 is 0 Å². The van der Waals surface area contributed by atoms with Crippen molar-refractivity contribution in [2.45, 2.75) is 20.3 Å². The van der Waals surface area contributed by atoms with Crippen molar-refractivity contribution in [3.05, 3.63) is 63.6 Å². The Hall–Kier alpha value is -2.97. The maximum absolute atomic E-state index is 5.99. The van der Waals surface area contributed by atoms with Crippen molar-refractivity contribution in [2.24, 2.45) is 5.10 Å². The zero-order chi connectivity index (χ0) is 21.5. The molecule has 1 aromatic carbocycles. The summed E-state index contributed by atoms with van der Waals surface area (Å²) in [5.41, 5.74) is 6.34. The van der Waals surface area contributed by atoms with Gasteiger partial charge in [-0.15, -0.1) is 11.3 Å². The fourth-order valence-corrected chi connectivity index (χ4v) is 4.10. The number of pyridine rings is 1. The van der Waals surface area contributed by atoms with Crippen molar-refractivity contribution in [1.82, 2.24) is 9.97 Å². The molecular formula is C23H27N5O2S. The van der Waals surface area contributed by atoms with Crippen molar-refractivity contribution in [3.63, 3.8) is 0 Å². The second kappa shape index (κ2) is 10.4. The molecule has 1 N–H and O–H groups in total. The molecule has 8 heteroatoms. The van der Waals surface area contributed by atoms with Crippen molar-refractivity contribution in [2.75, 3.05) is 43.2 Å². The Morgan fingerprint density at radius 3 is 2.87 bits per heavy atom. The van der Waals surface area contributed by atoms with Crippen molar-refractivity contribution >= 4 is 29.1 Å². The van der Waals surface area contributed by atoms with Crippen molar-refractivity contribution < 1.29 is 9.47 Å². The molecule has 3 heterocycles. The number of hydrogen-bond donors (Lipinski definition) is 1. The number of aromatic nitrogens is 2. The predicted octanol–water partition coefficient (Wildman–Crippen LogP) is 4.06. The molecule has 1 saturated heterocycles. The fraction of sp³-hybridized carbons (Fsp3) is 0.348. The van der Waals surface area contributed by atoms with Gasteiger partial charge in [-0.25, -0.2) is 4.98 Å². The number of aryl methyl sites for hydroxylation is 2. The van der Waals surface area contributed by atoms with Gasteiger partial charge in [0.25, 0.3) is 0 Å². The molecular weight excluding hydrogens is 410 g/mol. The lowest BCUT2D eigenvalue weighted by molar-refractivity contribution is 0.122. The first-order valence-electron chi connectivity index (χ1n) is 10.4. The second-order valence-corrected chi connectivity index (χ2v) is 8.70. The molecule has 0 radical (unpaired) electrons. The Morgan fingerprint density at radius 2 is 2.10 bits per heavy atom. The zero-order valence-corrected chi connectivity index (χ0v) is 18.7. The van der Waals surface area contributed by atoms with Gasteiger partial charge in [0.2, 0.25) is 5.88 Å². The first-order chi connectivity index (χ1) is 15.2. The van der Waals surface area contributed by atoms with E-state index in [1.165, 1.54) is 10.4 Å². The number of thiazole rings is 1. The number of benzene rings is 1. The molecule has 162 valence electrons. The minimum atomic E-state index is 0.549. The van der Waals surface area contributed by atoms with Crippen molar-refractivity contribution in [3.8, 4) is 5.88 Å². The second-order valence-electron chi connectivity index (χ2n) is 7.38. The number of rotatable bonds is 8. The van der Waals surface area contributed by atoms with E-state index in [0.717, 1.165) is 49.0 Å². The lowest BCUT2D eigenvalue weighted by atomic mass is 10.2. The summed E-state index contributed by atoms with van der Waals surface area (Å²) in [5, 5.41) is 5.44. The van der Waals surface area contributed by atoms with Crippen LogP contribution in [0.3, 0.4) is 0 Å². The van der Waals surface area contributed by atoms with Crippen LogP contribution in [0.4, 0.5) is 11.5 Å². The molecule has 0 unspecified atom stereocenters. The molecule has 2 aromatic heterocycles. The molecule has 7 nitrogen and oxygen atoms in total. The summed E-state index contributed by atoms with van der Waals surface area (Å²) in [6.45, 7) is 7.75. The minimum absolute atomic E-state index is 0.549. The van der Waals surface area contributed by atoms with Gasteiger partial charge < -0.3 is 14.4 Å². The Labute approximate surface area is 186 Å². The van der Waals surface area contributed by atoms with Crippen LogP contribution in [-0.2, 0) is 11.2 Å². The SMILES string of the molecule is Cc1cccc(C=NNc2cc(N3CCOCC3)cc(OCCc3cnc(C)s3)n2)c1. The lowest BCUT2D eigenvalue weighted by Crippen LogP contribution is -2.36. The zero-order valence-electron chi connectivity index (χ0n) is 17.9. The number of ether oxygens (including phenoxy) is 2. The summed E-state index contributed by atoms with van der Waals surface area (Å²) in [7, 11) is 0. The molecule has 0 spiro atoms. The van der Waals surface area contributed by atoms with Gasteiger partial charge in [-0.1, -0.05) is 29.8 Å². The first-order valence-corrected chi connectivity index (χ1v) is 11.2. The van der Waals surface area contributed by atoms with Crippen LogP contribution in [0.2, 0.25) is 0 Å². The number of morpholine rings is 1. The highest BCUT2D eigenvalue weighted by Crippen LogP contribution is 2.25. The van der Waals surface area contributed by atoms with Crippen LogP contribution in [0.5, 0.6) is 5.88 Å².